The Morgan fingerprint density at radius 3 is 1.93 bits per heavy atom. The van der Waals surface area contributed by atoms with Crippen LogP contribution in [-0.4, -0.2) is 17.9 Å². The molecular weight excluding hydrogens is 350 g/mol. The SMILES string of the molecule is N#Cc1ccc(C(=O)N[C@@H](C(N)=O)C2c3ccccc3-c3ccccc32)cc1. The molecule has 0 fully saturated rings. The summed E-state index contributed by atoms with van der Waals surface area (Å²) in [6.45, 7) is 0. The molecule has 0 bridgehead atoms. The van der Waals surface area contributed by atoms with Gasteiger partial charge in [-0.25, -0.2) is 0 Å². The van der Waals surface area contributed by atoms with Gasteiger partial charge in [-0.3, -0.25) is 9.59 Å². The van der Waals surface area contributed by atoms with Crippen molar-refractivity contribution < 1.29 is 9.59 Å². The third kappa shape index (κ3) is 2.91. The summed E-state index contributed by atoms with van der Waals surface area (Å²) in [6, 6.07) is 23.0. The molecule has 1 aliphatic carbocycles. The van der Waals surface area contributed by atoms with E-state index in [-0.39, 0.29) is 5.92 Å². The van der Waals surface area contributed by atoms with Crippen molar-refractivity contribution in [3.05, 3.63) is 95.1 Å². The number of hydrogen-bond acceptors (Lipinski definition) is 3. The van der Waals surface area contributed by atoms with Crippen LogP contribution in [0.5, 0.6) is 0 Å². The molecule has 1 aliphatic rings. The van der Waals surface area contributed by atoms with Gasteiger partial charge in [-0.2, -0.15) is 5.26 Å². The minimum atomic E-state index is -0.895. The minimum Gasteiger partial charge on any atom is -0.368 e. The first-order valence-corrected chi connectivity index (χ1v) is 8.88. The molecule has 5 heteroatoms. The number of fused-ring (bicyclic) bond motifs is 3. The van der Waals surface area contributed by atoms with Crippen molar-refractivity contribution in [3.63, 3.8) is 0 Å². The van der Waals surface area contributed by atoms with Crippen LogP contribution in [0.4, 0.5) is 0 Å². The lowest BCUT2D eigenvalue weighted by Gasteiger charge is -2.24. The highest BCUT2D eigenvalue weighted by Crippen LogP contribution is 2.46. The maximum absolute atomic E-state index is 12.7. The van der Waals surface area contributed by atoms with E-state index in [0.717, 1.165) is 22.3 Å². The number of nitrogens with one attached hydrogen (secondary N) is 1. The van der Waals surface area contributed by atoms with Crippen LogP contribution in [0.15, 0.2) is 72.8 Å². The molecular formula is C23H17N3O2. The van der Waals surface area contributed by atoms with E-state index in [0.29, 0.717) is 11.1 Å². The first kappa shape index (κ1) is 17.5. The van der Waals surface area contributed by atoms with Crippen LogP contribution in [0.25, 0.3) is 11.1 Å². The predicted molar refractivity (Wildman–Crippen MR) is 105 cm³/mol. The van der Waals surface area contributed by atoms with Gasteiger partial charge >= 0.3 is 0 Å². The van der Waals surface area contributed by atoms with Gasteiger partial charge in [0, 0.05) is 11.5 Å². The summed E-state index contributed by atoms with van der Waals surface area (Å²) in [5.41, 5.74) is 10.5. The van der Waals surface area contributed by atoms with Gasteiger partial charge in [-0.1, -0.05) is 48.5 Å². The molecule has 0 unspecified atom stereocenters. The molecule has 0 saturated carbocycles. The second-order valence-electron chi connectivity index (χ2n) is 6.69. The monoisotopic (exact) mass is 367 g/mol. The van der Waals surface area contributed by atoms with Gasteiger partial charge in [0.05, 0.1) is 11.6 Å². The number of nitrogens with two attached hydrogens (primary N) is 1. The predicted octanol–water partition coefficient (Wildman–Crippen LogP) is 2.95. The first-order chi connectivity index (χ1) is 13.6. The number of benzene rings is 3. The number of rotatable bonds is 4. The summed E-state index contributed by atoms with van der Waals surface area (Å²) in [5, 5.41) is 11.7. The standard InChI is InChI=1S/C23H17N3O2/c24-13-14-9-11-15(12-10-14)23(28)26-21(22(25)27)20-18-7-3-1-5-16(18)17-6-2-4-8-19(17)20/h1-12,20-21H,(H2,25,27)(H,26,28)/t21-/m1/s1. The normalized spacial score (nSPS) is 13.1. The molecule has 3 N–H and O–H groups in total. The Balaban J connectivity index is 1.71. The van der Waals surface area contributed by atoms with Gasteiger partial charge in [-0.15, -0.1) is 0 Å². The molecule has 3 aromatic rings. The van der Waals surface area contributed by atoms with Crippen molar-refractivity contribution in [1.82, 2.24) is 5.32 Å². The third-order valence-corrected chi connectivity index (χ3v) is 5.08. The van der Waals surface area contributed by atoms with Crippen LogP contribution in [-0.2, 0) is 4.79 Å². The maximum atomic E-state index is 12.7. The fourth-order valence-electron chi connectivity index (χ4n) is 3.79. The lowest BCUT2D eigenvalue weighted by atomic mass is 9.88. The van der Waals surface area contributed by atoms with E-state index in [2.05, 4.69) is 5.32 Å². The molecule has 0 spiro atoms. The number of primary amides is 1. The van der Waals surface area contributed by atoms with Crippen molar-refractivity contribution in [2.45, 2.75) is 12.0 Å². The van der Waals surface area contributed by atoms with Gasteiger partial charge in [-0.05, 0) is 46.5 Å². The maximum Gasteiger partial charge on any atom is 0.251 e. The molecule has 3 aromatic carbocycles. The molecule has 5 nitrogen and oxygen atoms in total. The highest BCUT2D eigenvalue weighted by Gasteiger charge is 2.37. The van der Waals surface area contributed by atoms with E-state index >= 15 is 0 Å². The summed E-state index contributed by atoms with van der Waals surface area (Å²) in [5.74, 6) is -1.36. The van der Waals surface area contributed by atoms with Crippen molar-refractivity contribution >= 4 is 11.8 Å². The van der Waals surface area contributed by atoms with Crippen LogP contribution in [0.2, 0.25) is 0 Å². The van der Waals surface area contributed by atoms with E-state index in [1.54, 1.807) is 24.3 Å². The Morgan fingerprint density at radius 1 is 0.893 bits per heavy atom. The molecule has 2 amide bonds. The van der Waals surface area contributed by atoms with Crippen LogP contribution in [0.1, 0.15) is 33.0 Å². The lowest BCUT2D eigenvalue weighted by Crippen LogP contribution is -2.48. The molecule has 0 aliphatic heterocycles. The Morgan fingerprint density at radius 2 is 1.43 bits per heavy atom. The molecule has 0 saturated heterocycles. The van der Waals surface area contributed by atoms with Crippen LogP contribution >= 0.6 is 0 Å². The van der Waals surface area contributed by atoms with Crippen molar-refractivity contribution in [3.8, 4) is 17.2 Å². The fraction of sp³-hybridized carbons (Fsp3) is 0.0870. The van der Waals surface area contributed by atoms with E-state index in [4.69, 9.17) is 11.0 Å². The highest BCUT2D eigenvalue weighted by atomic mass is 16.2. The molecule has 0 radical (unpaired) electrons. The van der Waals surface area contributed by atoms with E-state index in [9.17, 15) is 9.59 Å². The van der Waals surface area contributed by atoms with Crippen LogP contribution in [0.3, 0.4) is 0 Å². The minimum absolute atomic E-state index is 0.354. The van der Waals surface area contributed by atoms with Gasteiger partial charge in [0.1, 0.15) is 6.04 Å². The van der Waals surface area contributed by atoms with Gasteiger partial charge < -0.3 is 11.1 Å². The lowest BCUT2D eigenvalue weighted by molar-refractivity contribution is -0.120. The summed E-state index contributed by atoms with van der Waals surface area (Å²) in [7, 11) is 0. The average Bonchev–Trinajstić information content (AvgIpc) is 3.06. The molecule has 4 rings (SSSR count). The number of nitriles is 1. The highest BCUT2D eigenvalue weighted by molar-refractivity contribution is 5.98. The van der Waals surface area contributed by atoms with E-state index in [1.165, 1.54) is 0 Å². The molecule has 1 atom stereocenters. The second-order valence-corrected chi connectivity index (χ2v) is 6.69. The zero-order valence-corrected chi connectivity index (χ0v) is 14.9. The summed E-state index contributed by atoms with van der Waals surface area (Å²) >= 11 is 0. The molecule has 0 aromatic heterocycles. The van der Waals surface area contributed by atoms with Crippen LogP contribution in [0, 0.1) is 11.3 Å². The Bertz CT molecular complexity index is 1070. The largest absolute Gasteiger partial charge is 0.368 e. The zero-order valence-electron chi connectivity index (χ0n) is 14.9. The van der Waals surface area contributed by atoms with E-state index < -0.39 is 17.9 Å². The van der Waals surface area contributed by atoms with Crippen LogP contribution < -0.4 is 11.1 Å². The quantitative estimate of drug-likeness (QED) is 0.742. The van der Waals surface area contributed by atoms with Gasteiger partial charge in [0.25, 0.3) is 5.91 Å². The summed E-state index contributed by atoms with van der Waals surface area (Å²) < 4.78 is 0. The number of carbonyl (C=O) groups excluding carboxylic acids is 2. The Hall–Kier alpha value is -3.91. The average molecular weight is 367 g/mol. The Labute approximate surface area is 162 Å². The zero-order chi connectivity index (χ0) is 19.7. The van der Waals surface area contributed by atoms with Gasteiger partial charge in [0.15, 0.2) is 0 Å². The van der Waals surface area contributed by atoms with Crippen molar-refractivity contribution in [2.24, 2.45) is 5.73 Å². The molecule has 136 valence electrons. The van der Waals surface area contributed by atoms with Crippen molar-refractivity contribution in [2.75, 3.05) is 0 Å². The molecule has 0 heterocycles. The van der Waals surface area contributed by atoms with Crippen molar-refractivity contribution in [1.29, 1.82) is 5.26 Å². The Kier molecular flexibility index (Phi) is 4.38. The topological polar surface area (TPSA) is 96.0 Å². The fourth-order valence-corrected chi connectivity index (χ4v) is 3.79. The first-order valence-electron chi connectivity index (χ1n) is 8.88. The second kappa shape index (κ2) is 7.01. The number of hydrogen-bond donors (Lipinski definition) is 2. The summed E-state index contributed by atoms with van der Waals surface area (Å²) in [6.07, 6.45) is 0. The number of nitrogens with zero attached hydrogens (tertiary/aromatic N) is 1. The number of amides is 2. The third-order valence-electron chi connectivity index (χ3n) is 5.08. The number of carbonyl (C=O) groups is 2. The van der Waals surface area contributed by atoms with Gasteiger partial charge in [0.2, 0.25) is 5.91 Å². The summed E-state index contributed by atoms with van der Waals surface area (Å²) in [4.78, 5) is 25.1. The smallest absolute Gasteiger partial charge is 0.251 e. The van der Waals surface area contributed by atoms with E-state index in [1.807, 2.05) is 54.6 Å². The molecule has 28 heavy (non-hydrogen) atoms.